The van der Waals surface area contributed by atoms with Gasteiger partial charge < -0.3 is 25.4 Å². The quantitative estimate of drug-likeness (QED) is 0.208. The summed E-state index contributed by atoms with van der Waals surface area (Å²) in [6.45, 7) is 3.11. The molecule has 1 aliphatic heterocycles. The summed E-state index contributed by atoms with van der Waals surface area (Å²) in [5.41, 5.74) is 6.46. The Bertz CT molecular complexity index is 1350. The number of nitrogens with two attached hydrogens (primary N) is 1. The Morgan fingerprint density at radius 3 is 2.65 bits per heavy atom. The average Bonchev–Trinajstić information content (AvgIpc) is 3.68. The van der Waals surface area contributed by atoms with Crippen molar-refractivity contribution < 1.29 is 37.1 Å². The minimum atomic E-state index is -4.50. The van der Waals surface area contributed by atoms with Gasteiger partial charge in [-0.1, -0.05) is 31.6 Å². The fraction of sp³-hybridized carbons (Fsp3) is 0.522. The van der Waals surface area contributed by atoms with Gasteiger partial charge in [0.25, 0.3) is 11.1 Å². The monoisotopic (exact) mass is 597 g/mol. The van der Waals surface area contributed by atoms with Crippen LogP contribution in [0.15, 0.2) is 35.8 Å². The lowest BCUT2D eigenvalue weighted by Gasteiger charge is -2.18. The highest BCUT2D eigenvalue weighted by molar-refractivity contribution is 7.85. The summed E-state index contributed by atoms with van der Waals surface area (Å²) in [6.07, 6.45) is -2.30. The molecule has 2 aromatic heterocycles. The maximum Gasteiger partial charge on any atom is 0.362 e. The summed E-state index contributed by atoms with van der Waals surface area (Å²) in [5, 5.41) is 35.5. The third kappa shape index (κ3) is 7.57. The number of amides is 1. The van der Waals surface area contributed by atoms with E-state index in [9.17, 15) is 23.4 Å². The summed E-state index contributed by atoms with van der Waals surface area (Å²) >= 11 is 1.38. The van der Waals surface area contributed by atoms with E-state index in [2.05, 4.69) is 20.4 Å². The number of hydrogen-bond acceptors (Lipinski definition) is 14. The third-order valence-electron chi connectivity index (χ3n) is 6.43. The van der Waals surface area contributed by atoms with Crippen LogP contribution in [0.25, 0.3) is 11.4 Å². The van der Waals surface area contributed by atoms with Gasteiger partial charge in [0.15, 0.2) is 0 Å². The first-order chi connectivity index (χ1) is 19.1. The van der Waals surface area contributed by atoms with Gasteiger partial charge in [-0.05, 0) is 41.8 Å². The van der Waals surface area contributed by atoms with Crippen LogP contribution in [-0.2, 0) is 30.6 Å². The molecule has 0 bridgehead atoms. The molecule has 15 nitrogen and oxygen atoms in total. The number of benzene rings is 1. The SMILES string of the molecule is CC[C@H](C)[C@H](N)C(=O)NS(=O)(=O)OC[C@H]1O[C@@H](CCn2nnc(-c3ccc(Oc4nccs4)cc3)n2)[C@H](O)[C@@H]1O. The molecule has 0 unspecified atom stereocenters. The topological polar surface area (TPSA) is 214 Å². The van der Waals surface area contributed by atoms with E-state index in [0.29, 0.717) is 28.8 Å². The molecule has 1 aromatic carbocycles. The van der Waals surface area contributed by atoms with Crippen molar-refractivity contribution in [3.8, 4) is 22.3 Å². The Hall–Kier alpha value is -3.06. The molecule has 40 heavy (non-hydrogen) atoms. The first kappa shape index (κ1) is 29.9. The highest BCUT2D eigenvalue weighted by Crippen LogP contribution is 2.26. The number of aryl methyl sites for hydroxylation is 1. The Morgan fingerprint density at radius 2 is 1.98 bits per heavy atom. The zero-order valence-corrected chi connectivity index (χ0v) is 23.4. The smallest absolute Gasteiger partial charge is 0.362 e. The van der Waals surface area contributed by atoms with Gasteiger partial charge in [-0.2, -0.15) is 13.2 Å². The maximum absolute atomic E-state index is 12.2. The van der Waals surface area contributed by atoms with Crippen molar-refractivity contribution >= 4 is 27.5 Å². The number of rotatable bonds is 13. The van der Waals surface area contributed by atoms with Gasteiger partial charge in [0, 0.05) is 17.1 Å². The summed E-state index contributed by atoms with van der Waals surface area (Å²) in [5.74, 6) is -0.156. The molecule has 0 aliphatic carbocycles. The molecule has 17 heteroatoms. The highest BCUT2D eigenvalue weighted by atomic mass is 32.2. The molecule has 0 spiro atoms. The molecule has 0 radical (unpaired) electrons. The van der Waals surface area contributed by atoms with Crippen LogP contribution in [0.3, 0.4) is 0 Å². The van der Waals surface area contributed by atoms with Crippen LogP contribution < -0.4 is 15.2 Å². The summed E-state index contributed by atoms with van der Waals surface area (Å²) in [6, 6.07) is 6.05. The van der Waals surface area contributed by atoms with E-state index in [1.54, 1.807) is 42.1 Å². The molecule has 0 saturated carbocycles. The molecule has 3 heterocycles. The van der Waals surface area contributed by atoms with Crippen LogP contribution in [-0.4, -0.2) is 86.8 Å². The van der Waals surface area contributed by atoms with Gasteiger partial charge in [0.2, 0.25) is 5.82 Å². The van der Waals surface area contributed by atoms with Crippen molar-refractivity contribution in [2.75, 3.05) is 6.61 Å². The number of hydrogen-bond donors (Lipinski definition) is 4. The van der Waals surface area contributed by atoms with E-state index in [1.807, 2.05) is 12.3 Å². The van der Waals surface area contributed by atoms with E-state index >= 15 is 0 Å². The van der Waals surface area contributed by atoms with E-state index in [1.165, 1.54) is 16.1 Å². The van der Waals surface area contributed by atoms with Crippen molar-refractivity contribution in [3.63, 3.8) is 0 Å². The number of aromatic nitrogens is 5. The van der Waals surface area contributed by atoms with Gasteiger partial charge in [0.1, 0.15) is 24.1 Å². The van der Waals surface area contributed by atoms with Crippen molar-refractivity contribution in [2.24, 2.45) is 11.7 Å². The number of aliphatic hydroxyl groups is 2. The van der Waals surface area contributed by atoms with Crippen LogP contribution in [0.2, 0.25) is 0 Å². The van der Waals surface area contributed by atoms with Crippen LogP contribution >= 0.6 is 11.3 Å². The van der Waals surface area contributed by atoms with E-state index < -0.39 is 53.3 Å². The van der Waals surface area contributed by atoms with E-state index in [-0.39, 0.29) is 18.9 Å². The van der Waals surface area contributed by atoms with Gasteiger partial charge in [0.05, 0.1) is 25.3 Å². The first-order valence-electron chi connectivity index (χ1n) is 12.5. The fourth-order valence-corrected chi connectivity index (χ4v) is 5.08. The summed E-state index contributed by atoms with van der Waals surface area (Å²) in [4.78, 5) is 17.5. The van der Waals surface area contributed by atoms with Crippen LogP contribution in [0.4, 0.5) is 0 Å². The van der Waals surface area contributed by atoms with Crippen molar-refractivity contribution in [1.29, 1.82) is 0 Å². The second-order valence-corrected chi connectivity index (χ2v) is 11.4. The van der Waals surface area contributed by atoms with Crippen LogP contribution in [0, 0.1) is 5.92 Å². The molecule has 1 amide bonds. The largest absolute Gasteiger partial charge is 0.431 e. The second kappa shape index (κ2) is 13.1. The number of thiazole rings is 1. The number of nitrogens with one attached hydrogen (secondary N) is 1. The number of tetrazole rings is 1. The minimum absolute atomic E-state index is 0.193. The van der Waals surface area contributed by atoms with E-state index in [4.69, 9.17) is 19.4 Å². The second-order valence-electron chi connectivity index (χ2n) is 9.23. The van der Waals surface area contributed by atoms with E-state index in [0.717, 1.165) is 0 Å². The zero-order valence-electron chi connectivity index (χ0n) is 21.7. The van der Waals surface area contributed by atoms with Crippen LogP contribution in [0.5, 0.6) is 10.9 Å². The summed E-state index contributed by atoms with van der Waals surface area (Å²) in [7, 11) is -4.50. The van der Waals surface area contributed by atoms with Gasteiger partial charge in [-0.15, -0.1) is 10.2 Å². The molecule has 1 fully saturated rings. The highest BCUT2D eigenvalue weighted by Gasteiger charge is 2.43. The predicted molar refractivity (Wildman–Crippen MR) is 141 cm³/mol. The fourth-order valence-electron chi connectivity index (χ4n) is 3.82. The molecule has 5 N–H and O–H groups in total. The normalized spacial score (nSPS) is 22.6. The molecular formula is C23H31N7O8S2. The van der Waals surface area contributed by atoms with Crippen molar-refractivity contribution in [3.05, 3.63) is 35.8 Å². The lowest BCUT2D eigenvalue weighted by atomic mass is 10.00. The number of carbonyl (C=O) groups excluding carboxylic acids is 1. The Balaban J connectivity index is 1.26. The molecule has 6 atom stereocenters. The molecular weight excluding hydrogens is 566 g/mol. The van der Waals surface area contributed by atoms with Crippen molar-refractivity contribution in [2.45, 2.75) is 63.7 Å². The first-order valence-corrected chi connectivity index (χ1v) is 14.8. The number of carbonyl (C=O) groups is 1. The Labute approximate surface area is 234 Å². The standard InChI is InChI=1S/C23H31N7O8S2/c1-3-13(2)18(24)22(33)28-40(34,35)36-12-17-20(32)19(31)16(38-17)8-10-30-27-21(26-29-30)14-4-6-15(7-5-14)37-23-25-9-11-39-23/h4-7,9,11,13,16-20,31-32H,3,8,10,12,24H2,1-2H3,(H,28,33)/t13-,16-,17+,18-,19-,20+/m0/s1. The van der Waals surface area contributed by atoms with Gasteiger partial charge in [-0.3, -0.25) is 8.98 Å². The van der Waals surface area contributed by atoms with Gasteiger partial charge >= 0.3 is 10.3 Å². The van der Waals surface area contributed by atoms with Crippen LogP contribution in [0.1, 0.15) is 26.7 Å². The lowest BCUT2D eigenvalue weighted by molar-refractivity contribution is -0.121. The molecule has 218 valence electrons. The summed E-state index contributed by atoms with van der Waals surface area (Å²) < 4.78 is 42.1. The predicted octanol–water partition coefficient (Wildman–Crippen LogP) is 0.219. The average molecular weight is 598 g/mol. The lowest BCUT2D eigenvalue weighted by Crippen LogP contribution is -2.47. The number of nitrogens with zero attached hydrogens (tertiary/aromatic N) is 5. The molecule has 1 saturated heterocycles. The zero-order chi connectivity index (χ0) is 28.9. The molecule has 3 aromatic rings. The minimum Gasteiger partial charge on any atom is -0.431 e. The third-order valence-corrected chi connectivity index (χ3v) is 7.97. The Kier molecular flexibility index (Phi) is 9.77. The Morgan fingerprint density at radius 1 is 1.25 bits per heavy atom. The van der Waals surface area contributed by atoms with Crippen molar-refractivity contribution in [1.82, 2.24) is 29.9 Å². The number of ether oxygens (including phenoxy) is 2. The van der Waals surface area contributed by atoms with Gasteiger partial charge in [-0.25, -0.2) is 9.71 Å². The number of aliphatic hydroxyl groups excluding tert-OH is 2. The molecule has 1 aliphatic rings. The molecule has 4 rings (SSSR count). The maximum atomic E-state index is 12.2.